The maximum Gasteiger partial charge on any atom is 0.247 e. The van der Waals surface area contributed by atoms with Crippen LogP contribution < -0.4 is 4.72 Å². The minimum atomic E-state index is -3.50. The van der Waals surface area contributed by atoms with Crippen molar-refractivity contribution in [1.82, 2.24) is 10.2 Å². The molecule has 6 nitrogen and oxygen atoms in total. The van der Waals surface area contributed by atoms with E-state index in [1.807, 2.05) is 0 Å². The van der Waals surface area contributed by atoms with Crippen molar-refractivity contribution in [1.29, 1.82) is 0 Å². The molecule has 18 heavy (non-hydrogen) atoms. The molecule has 0 aliphatic carbocycles. The summed E-state index contributed by atoms with van der Waals surface area (Å²) < 4.78 is 30.1. The fourth-order valence-electron chi connectivity index (χ4n) is 1.40. The van der Waals surface area contributed by atoms with Crippen LogP contribution in [0, 0.1) is 6.92 Å². The number of nitrogens with zero attached hydrogens (tertiary/aromatic N) is 2. The number of anilines is 1. The standard InChI is InChI=1S/C10H10ClN3O3S/c1-7-4-8(10-13-12-6-17-10)2-3-9(7)14-18(15,16)5-11/h2-4,6,14H,5H2,1H3. The summed E-state index contributed by atoms with van der Waals surface area (Å²) >= 11 is 5.32. The highest BCUT2D eigenvalue weighted by Gasteiger charge is 2.11. The zero-order valence-electron chi connectivity index (χ0n) is 9.42. The number of alkyl halides is 1. The third kappa shape index (κ3) is 2.80. The number of aryl methyl sites for hydroxylation is 1. The number of sulfonamides is 1. The van der Waals surface area contributed by atoms with Crippen molar-refractivity contribution < 1.29 is 12.8 Å². The Morgan fingerprint density at radius 3 is 2.78 bits per heavy atom. The van der Waals surface area contributed by atoms with E-state index in [-0.39, 0.29) is 0 Å². The lowest BCUT2D eigenvalue weighted by Gasteiger charge is -2.09. The smallest absolute Gasteiger partial charge is 0.247 e. The van der Waals surface area contributed by atoms with Crippen molar-refractivity contribution >= 4 is 27.3 Å². The molecule has 0 saturated carbocycles. The summed E-state index contributed by atoms with van der Waals surface area (Å²) in [6, 6.07) is 5.06. The molecular formula is C10H10ClN3O3S. The van der Waals surface area contributed by atoms with Gasteiger partial charge in [-0.1, -0.05) is 0 Å². The van der Waals surface area contributed by atoms with E-state index in [1.54, 1.807) is 25.1 Å². The van der Waals surface area contributed by atoms with Crippen LogP contribution in [0.2, 0.25) is 0 Å². The minimum Gasteiger partial charge on any atom is -0.423 e. The van der Waals surface area contributed by atoms with Crippen LogP contribution in [0.4, 0.5) is 5.69 Å². The van der Waals surface area contributed by atoms with Crippen LogP contribution in [-0.2, 0) is 10.0 Å². The van der Waals surface area contributed by atoms with Gasteiger partial charge in [0.1, 0.15) is 5.21 Å². The van der Waals surface area contributed by atoms with E-state index in [0.29, 0.717) is 11.6 Å². The topological polar surface area (TPSA) is 85.1 Å². The van der Waals surface area contributed by atoms with Gasteiger partial charge in [-0.15, -0.1) is 21.8 Å². The van der Waals surface area contributed by atoms with Gasteiger partial charge < -0.3 is 4.42 Å². The van der Waals surface area contributed by atoms with E-state index in [0.717, 1.165) is 11.1 Å². The lowest BCUT2D eigenvalue weighted by Crippen LogP contribution is -2.14. The fraction of sp³-hybridized carbons (Fsp3) is 0.200. The first kappa shape index (κ1) is 12.8. The highest BCUT2D eigenvalue weighted by Crippen LogP contribution is 2.23. The molecule has 1 N–H and O–H groups in total. The first-order chi connectivity index (χ1) is 8.52. The van der Waals surface area contributed by atoms with Crippen LogP contribution in [0.15, 0.2) is 29.0 Å². The lowest BCUT2D eigenvalue weighted by atomic mass is 10.1. The number of nitrogens with one attached hydrogen (secondary N) is 1. The Hall–Kier alpha value is -1.60. The molecule has 8 heteroatoms. The van der Waals surface area contributed by atoms with Gasteiger partial charge >= 0.3 is 0 Å². The van der Waals surface area contributed by atoms with Gasteiger partial charge in [0.15, 0.2) is 0 Å². The summed E-state index contributed by atoms with van der Waals surface area (Å²) in [4.78, 5) is 0. The van der Waals surface area contributed by atoms with Gasteiger partial charge in [-0.3, -0.25) is 4.72 Å². The zero-order chi connectivity index (χ0) is 13.2. The molecule has 1 heterocycles. The van der Waals surface area contributed by atoms with E-state index in [1.165, 1.54) is 6.39 Å². The molecule has 1 aromatic carbocycles. The zero-order valence-corrected chi connectivity index (χ0v) is 11.0. The van der Waals surface area contributed by atoms with Gasteiger partial charge in [0.2, 0.25) is 22.3 Å². The van der Waals surface area contributed by atoms with Crippen LogP contribution in [0.1, 0.15) is 5.56 Å². The van der Waals surface area contributed by atoms with Crippen molar-refractivity contribution in [3.8, 4) is 11.5 Å². The Balaban J connectivity index is 2.32. The second kappa shape index (κ2) is 4.95. The Labute approximate surface area is 109 Å². The van der Waals surface area contributed by atoms with Crippen molar-refractivity contribution in [3.63, 3.8) is 0 Å². The molecule has 0 aliphatic rings. The Kier molecular flexibility index (Phi) is 3.53. The summed E-state index contributed by atoms with van der Waals surface area (Å²) in [5.41, 5.74) is 1.93. The van der Waals surface area contributed by atoms with Gasteiger partial charge in [-0.2, -0.15) is 0 Å². The molecule has 1 aromatic heterocycles. The van der Waals surface area contributed by atoms with Crippen LogP contribution in [-0.4, -0.2) is 23.8 Å². The normalized spacial score (nSPS) is 11.4. The fourth-order valence-corrected chi connectivity index (χ4v) is 2.19. The maximum absolute atomic E-state index is 11.4. The quantitative estimate of drug-likeness (QED) is 0.869. The molecule has 0 aliphatic heterocycles. The molecule has 2 rings (SSSR count). The van der Waals surface area contributed by atoms with Gasteiger partial charge in [0, 0.05) is 5.56 Å². The number of hydrogen-bond donors (Lipinski definition) is 1. The number of hydrogen-bond acceptors (Lipinski definition) is 5. The summed E-state index contributed by atoms with van der Waals surface area (Å²) in [6.45, 7) is 1.77. The third-order valence-corrected chi connectivity index (χ3v) is 3.92. The van der Waals surface area contributed by atoms with E-state index in [4.69, 9.17) is 16.0 Å². The van der Waals surface area contributed by atoms with Gasteiger partial charge in [0.25, 0.3) is 0 Å². The van der Waals surface area contributed by atoms with Gasteiger partial charge in [-0.05, 0) is 30.7 Å². The first-order valence-corrected chi connectivity index (χ1v) is 7.14. The molecule has 0 atom stereocenters. The summed E-state index contributed by atoms with van der Waals surface area (Å²) in [7, 11) is -3.50. The SMILES string of the molecule is Cc1cc(-c2nnco2)ccc1NS(=O)(=O)CCl. The monoisotopic (exact) mass is 287 g/mol. The predicted molar refractivity (Wildman–Crippen MR) is 67.7 cm³/mol. The van der Waals surface area contributed by atoms with Crippen LogP contribution in [0.3, 0.4) is 0 Å². The largest absolute Gasteiger partial charge is 0.423 e. The summed E-state index contributed by atoms with van der Waals surface area (Å²) in [5, 5.41) is 6.86. The van der Waals surface area contributed by atoms with Crippen LogP contribution >= 0.6 is 11.6 Å². The molecule has 2 aromatic rings. The van der Waals surface area contributed by atoms with Gasteiger partial charge in [-0.25, -0.2) is 8.42 Å². The molecule has 0 radical (unpaired) electrons. The third-order valence-electron chi connectivity index (χ3n) is 2.24. The molecule has 96 valence electrons. The molecular weight excluding hydrogens is 278 g/mol. The second-order valence-corrected chi connectivity index (χ2v) is 5.91. The van der Waals surface area contributed by atoms with Crippen molar-refractivity contribution in [2.75, 3.05) is 9.93 Å². The Morgan fingerprint density at radius 2 is 2.22 bits per heavy atom. The van der Waals surface area contributed by atoms with E-state index >= 15 is 0 Å². The van der Waals surface area contributed by atoms with Crippen molar-refractivity contribution in [2.45, 2.75) is 6.92 Å². The molecule has 0 bridgehead atoms. The van der Waals surface area contributed by atoms with Crippen LogP contribution in [0.5, 0.6) is 0 Å². The van der Waals surface area contributed by atoms with E-state index in [9.17, 15) is 8.42 Å². The second-order valence-electron chi connectivity index (χ2n) is 3.60. The molecule has 0 amide bonds. The minimum absolute atomic E-state index is 0.379. The average molecular weight is 288 g/mol. The summed E-state index contributed by atoms with van der Waals surface area (Å²) in [6.07, 6.45) is 1.23. The molecule has 0 spiro atoms. The van der Waals surface area contributed by atoms with E-state index < -0.39 is 15.2 Å². The number of halogens is 1. The highest BCUT2D eigenvalue weighted by atomic mass is 35.5. The molecule has 0 saturated heterocycles. The maximum atomic E-state index is 11.4. The lowest BCUT2D eigenvalue weighted by molar-refractivity contribution is 0.568. The summed E-state index contributed by atoms with van der Waals surface area (Å²) in [5.74, 6) is 0.379. The van der Waals surface area contributed by atoms with E-state index in [2.05, 4.69) is 14.9 Å². The number of aromatic nitrogens is 2. The highest BCUT2D eigenvalue weighted by molar-refractivity contribution is 7.93. The first-order valence-electron chi connectivity index (χ1n) is 4.95. The van der Waals surface area contributed by atoms with Crippen LogP contribution in [0.25, 0.3) is 11.5 Å². The van der Waals surface area contributed by atoms with Gasteiger partial charge in [0.05, 0.1) is 5.69 Å². The predicted octanol–water partition coefficient (Wildman–Crippen LogP) is 1.98. The van der Waals surface area contributed by atoms with Crippen molar-refractivity contribution in [3.05, 3.63) is 30.2 Å². The Bertz CT molecular complexity index is 640. The molecule has 0 unspecified atom stereocenters. The number of rotatable bonds is 4. The Morgan fingerprint density at radius 1 is 1.44 bits per heavy atom. The number of benzene rings is 1. The van der Waals surface area contributed by atoms with Crippen molar-refractivity contribution in [2.24, 2.45) is 0 Å². The average Bonchev–Trinajstić information content (AvgIpc) is 2.85. The molecule has 0 fully saturated rings.